The lowest BCUT2D eigenvalue weighted by atomic mass is 9.98. The molecule has 2 aromatic heterocycles. The molecule has 5 rings (SSSR count). The van der Waals surface area contributed by atoms with Crippen molar-refractivity contribution >= 4 is 55.7 Å². The number of fused-ring (bicyclic) bond motifs is 1. The van der Waals surface area contributed by atoms with E-state index in [9.17, 15) is 19.1 Å². The fourth-order valence-corrected chi connectivity index (χ4v) is 5.43. The number of benzene rings is 2. The predicted octanol–water partition coefficient (Wildman–Crippen LogP) is 6.68. The molecule has 1 amide bonds. The molecule has 1 N–H and O–H groups in total. The number of amides is 1. The summed E-state index contributed by atoms with van der Waals surface area (Å²) in [5.41, 5.74) is 0.983. The van der Waals surface area contributed by atoms with Crippen molar-refractivity contribution in [3.63, 3.8) is 0 Å². The highest BCUT2D eigenvalue weighted by Gasteiger charge is 2.48. The molecule has 1 atom stereocenters. The van der Waals surface area contributed by atoms with Gasteiger partial charge < -0.3 is 9.84 Å². The summed E-state index contributed by atoms with van der Waals surface area (Å²) in [4.78, 5) is 36.6. The van der Waals surface area contributed by atoms with Crippen LogP contribution in [0, 0.1) is 5.82 Å². The molecule has 3 heterocycles. The predicted molar refractivity (Wildman–Crippen MR) is 145 cm³/mol. The third kappa shape index (κ3) is 4.87. The molecule has 7 nitrogen and oxygen atoms in total. The minimum Gasteiger partial charge on any atom is -0.507 e. The Kier molecular flexibility index (Phi) is 7.40. The van der Waals surface area contributed by atoms with Crippen molar-refractivity contribution < 1.29 is 23.8 Å². The van der Waals surface area contributed by atoms with Gasteiger partial charge in [0.1, 0.15) is 23.4 Å². The monoisotopic (exact) mass is 551 g/mol. The number of ketones is 1. The Hall–Kier alpha value is -3.82. The summed E-state index contributed by atoms with van der Waals surface area (Å²) < 4.78 is 20.2. The number of carbonyl (C=O) groups is 2. The summed E-state index contributed by atoms with van der Waals surface area (Å²) >= 11 is 6.95. The maximum absolute atomic E-state index is 14.1. The molecule has 38 heavy (non-hydrogen) atoms. The molecule has 4 aromatic rings. The highest BCUT2D eigenvalue weighted by atomic mass is 35.5. The highest BCUT2D eigenvalue weighted by molar-refractivity contribution is 7.22. The summed E-state index contributed by atoms with van der Waals surface area (Å²) in [6.45, 7) is 2.70. The Bertz CT molecular complexity index is 1500. The lowest BCUT2D eigenvalue weighted by Crippen LogP contribution is -2.29. The zero-order valence-electron chi connectivity index (χ0n) is 20.4. The second-order valence-corrected chi connectivity index (χ2v) is 10.2. The smallest absolute Gasteiger partial charge is 0.301 e. The van der Waals surface area contributed by atoms with Crippen molar-refractivity contribution in [1.29, 1.82) is 0 Å². The number of halogens is 2. The molecule has 194 valence electrons. The van der Waals surface area contributed by atoms with E-state index in [0.29, 0.717) is 33.8 Å². The van der Waals surface area contributed by atoms with Crippen molar-refractivity contribution in [3.8, 4) is 5.75 Å². The van der Waals surface area contributed by atoms with E-state index in [4.69, 9.17) is 16.3 Å². The van der Waals surface area contributed by atoms with Crippen molar-refractivity contribution in [1.82, 2.24) is 9.97 Å². The number of aromatic nitrogens is 2. The average Bonchev–Trinajstić information content (AvgIpc) is 3.44. The van der Waals surface area contributed by atoms with Crippen LogP contribution in [0.15, 0.2) is 66.4 Å². The quantitative estimate of drug-likeness (QED) is 0.114. The standard InChI is InChI=1S/C28H23ClFN3O4S/c1-2-3-6-13-37-17-10-8-16(9-11-17)25(34)23-24(20-7-4-5-12-31-20)33(27(36)26(23)35)28-32-21-14-18(29)19(30)15-22(21)38-28/h4-5,7-12,14-15,24,34H,2-3,6,13H2,1H3/b25-23+. The molecule has 0 bridgehead atoms. The van der Waals surface area contributed by atoms with Crippen molar-refractivity contribution in [2.45, 2.75) is 32.2 Å². The number of pyridine rings is 1. The van der Waals surface area contributed by atoms with E-state index in [2.05, 4.69) is 16.9 Å². The Balaban J connectivity index is 1.56. The SMILES string of the molecule is CCCCCOc1ccc(/C(O)=C2\C(=O)C(=O)N(c3nc4cc(Cl)c(F)cc4s3)C2c2ccccn2)cc1. The first-order valence-electron chi connectivity index (χ1n) is 12.1. The molecule has 1 fully saturated rings. The van der Waals surface area contributed by atoms with Crippen LogP contribution >= 0.6 is 22.9 Å². The van der Waals surface area contributed by atoms with Gasteiger partial charge in [0, 0.05) is 11.8 Å². The van der Waals surface area contributed by atoms with Gasteiger partial charge in [-0.2, -0.15) is 0 Å². The van der Waals surface area contributed by atoms with E-state index in [1.165, 1.54) is 23.2 Å². The first kappa shape index (κ1) is 25.8. The molecule has 0 radical (unpaired) electrons. The number of Topliss-reactive ketones (excluding diaryl/α,β-unsaturated/α-hetero) is 1. The fourth-order valence-electron chi connectivity index (χ4n) is 4.27. The molecule has 1 saturated heterocycles. The largest absolute Gasteiger partial charge is 0.507 e. The molecule has 10 heteroatoms. The fraction of sp³-hybridized carbons (Fsp3) is 0.214. The van der Waals surface area contributed by atoms with Crippen LogP contribution in [0.2, 0.25) is 5.02 Å². The molecular weight excluding hydrogens is 529 g/mol. The average molecular weight is 552 g/mol. The minimum atomic E-state index is -1.04. The zero-order valence-corrected chi connectivity index (χ0v) is 21.9. The molecule has 2 aromatic carbocycles. The number of ether oxygens (including phenoxy) is 1. The third-order valence-corrected chi connectivity index (χ3v) is 7.49. The first-order chi connectivity index (χ1) is 18.4. The highest BCUT2D eigenvalue weighted by Crippen LogP contribution is 2.44. The molecule has 1 aliphatic heterocycles. The molecule has 1 aliphatic rings. The maximum Gasteiger partial charge on any atom is 0.301 e. The summed E-state index contributed by atoms with van der Waals surface area (Å²) in [7, 11) is 0. The van der Waals surface area contributed by atoms with Gasteiger partial charge in [-0.05, 0) is 55.0 Å². The van der Waals surface area contributed by atoms with E-state index in [-0.39, 0.29) is 21.5 Å². The number of hydrogen-bond acceptors (Lipinski definition) is 7. The number of aliphatic hydroxyl groups is 1. The summed E-state index contributed by atoms with van der Waals surface area (Å²) in [5.74, 6) is -2.06. The van der Waals surface area contributed by atoms with E-state index < -0.39 is 23.5 Å². The number of aliphatic hydroxyl groups excluding tert-OH is 1. The molecule has 0 saturated carbocycles. The maximum atomic E-state index is 14.1. The van der Waals surface area contributed by atoms with E-state index in [1.807, 2.05) is 0 Å². The number of thiazole rings is 1. The molecule has 0 aliphatic carbocycles. The minimum absolute atomic E-state index is 0.101. The number of nitrogens with zero attached hydrogens (tertiary/aromatic N) is 3. The zero-order chi connectivity index (χ0) is 26.8. The topological polar surface area (TPSA) is 92.6 Å². The summed E-state index contributed by atoms with van der Waals surface area (Å²) in [5, 5.41) is 11.3. The van der Waals surface area contributed by atoms with Gasteiger partial charge in [0.25, 0.3) is 5.78 Å². The van der Waals surface area contributed by atoms with Crippen LogP contribution in [0.3, 0.4) is 0 Å². The second kappa shape index (κ2) is 10.9. The lowest BCUT2D eigenvalue weighted by molar-refractivity contribution is -0.132. The van der Waals surface area contributed by atoms with Crippen LogP contribution in [0.5, 0.6) is 5.75 Å². The van der Waals surface area contributed by atoms with Crippen LogP contribution in [0.25, 0.3) is 16.0 Å². The Labute approximate surface area is 227 Å². The number of anilines is 1. The third-order valence-electron chi connectivity index (χ3n) is 6.18. The van der Waals surface area contributed by atoms with Crippen LogP contribution < -0.4 is 9.64 Å². The van der Waals surface area contributed by atoms with Crippen molar-refractivity contribution in [3.05, 3.63) is 88.5 Å². The van der Waals surface area contributed by atoms with Crippen LogP contribution in [0.1, 0.15) is 43.5 Å². The lowest BCUT2D eigenvalue weighted by Gasteiger charge is -2.21. The van der Waals surface area contributed by atoms with Crippen LogP contribution in [-0.2, 0) is 9.59 Å². The normalized spacial score (nSPS) is 16.9. The van der Waals surface area contributed by atoms with Crippen LogP contribution in [0.4, 0.5) is 9.52 Å². The molecular formula is C28H23ClFN3O4S. The van der Waals surface area contributed by atoms with Gasteiger partial charge in [-0.3, -0.25) is 19.5 Å². The van der Waals surface area contributed by atoms with Gasteiger partial charge in [-0.1, -0.05) is 48.8 Å². The van der Waals surface area contributed by atoms with Gasteiger partial charge in [0.2, 0.25) is 0 Å². The number of carbonyl (C=O) groups excluding carboxylic acids is 2. The van der Waals surface area contributed by atoms with Gasteiger partial charge in [0.05, 0.1) is 33.1 Å². The summed E-state index contributed by atoms with van der Waals surface area (Å²) in [6.07, 6.45) is 4.64. The Morgan fingerprint density at radius 3 is 2.66 bits per heavy atom. The van der Waals surface area contributed by atoms with Gasteiger partial charge >= 0.3 is 5.91 Å². The molecule has 1 unspecified atom stereocenters. The summed E-state index contributed by atoms with van der Waals surface area (Å²) in [6, 6.07) is 13.3. The van der Waals surface area contributed by atoms with Gasteiger partial charge in [-0.25, -0.2) is 9.37 Å². The Morgan fingerprint density at radius 1 is 1.16 bits per heavy atom. The van der Waals surface area contributed by atoms with Crippen molar-refractivity contribution in [2.75, 3.05) is 11.5 Å². The first-order valence-corrected chi connectivity index (χ1v) is 13.3. The van der Waals surface area contributed by atoms with Gasteiger partial charge in [0.15, 0.2) is 5.13 Å². The van der Waals surface area contributed by atoms with Gasteiger partial charge in [-0.15, -0.1) is 0 Å². The molecule has 0 spiro atoms. The number of rotatable bonds is 8. The van der Waals surface area contributed by atoms with E-state index in [0.717, 1.165) is 30.6 Å². The number of unbranched alkanes of at least 4 members (excludes halogenated alkanes) is 2. The van der Waals surface area contributed by atoms with E-state index in [1.54, 1.807) is 42.5 Å². The second-order valence-electron chi connectivity index (χ2n) is 8.73. The number of hydrogen-bond donors (Lipinski definition) is 1. The van der Waals surface area contributed by atoms with Crippen LogP contribution in [-0.4, -0.2) is 33.4 Å². The van der Waals surface area contributed by atoms with Crippen molar-refractivity contribution in [2.24, 2.45) is 0 Å². The van der Waals surface area contributed by atoms with E-state index >= 15 is 0 Å². The Morgan fingerprint density at radius 2 is 1.95 bits per heavy atom.